The molecule has 1 unspecified atom stereocenters. The minimum atomic E-state index is -0.0195. The molecule has 1 atom stereocenters. The average Bonchev–Trinajstić information content (AvgIpc) is 2.38. The van der Waals surface area contributed by atoms with Crippen LogP contribution >= 0.6 is 0 Å². The maximum Gasteiger partial charge on any atom is 0.164 e. The van der Waals surface area contributed by atoms with Crippen LogP contribution in [0, 0.1) is 0 Å². The molecule has 0 fully saturated rings. The standard InChI is InChI=1S/C16H19NO/c1-2-5-15(17)11-16(18)14-9-8-12-6-3-4-7-13(12)10-14/h3-4,6-10,15H,2,5,11,17H2,1H3. The predicted octanol–water partition coefficient (Wildman–Crippen LogP) is 3.54. The molecule has 0 saturated carbocycles. The smallest absolute Gasteiger partial charge is 0.164 e. The Morgan fingerprint density at radius 2 is 1.89 bits per heavy atom. The fourth-order valence-electron chi connectivity index (χ4n) is 2.19. The van der Waals surface area contributed by atoms with Crippen LogP contribution in [-0.2, 0) is 0 Å². The van der Waals surface area contributed by atoms with E-state index in [9.17, 15) is 4.79 Å². The van der Waals surface area contributed by atoms with E-state index in [1.165, 1.54) is 0 Å². The van der Waals surface area contributed by atoms with Crippen molar-refractivity contribution in [1.29, 1.82) is 0 Å². The molecule has 0 spiro atoms. The van der Waals surface area contributed by atoms with Crippen LogP contribution in [0.2, 0.25) is 0 Å². The third-order valence-corrected chi connectivity index (χ3v) is 3.18. The number of fused-ring (bicyclic) bond motifs is 1. The zero-order valence-corrected chi connectivity index (χ0v) is 10.7. The molecule has 0 radical (unpaired) electrons. The van der Waals surface area contributed by atoms with Crippen LogP contribution in [-0.4, -0.2) is 11.8 Å². The topological polar surface area (TPSA) is 43.1 Å². The molecule has 94 valence electrons. The maximum atomic E-state index is 12.1. The molecular formula is C16H19NO. The number of nitrogens with two attached hydrogens (primary N) is 1. The molecule has 0 amide bonds. The third-order valence-electron chi connectivity index (χ3n) is 3.18. The largest absolute Gasteiger partial charge is 0.327 e. The second kappa shape index (κ2) is 5.78. The molecule has 0 heterocycles. The van der Waals surface area contributed by atoms with Gasteiger partial charge in [0.2, 0.25) is 0 Å². The van der Waals surface area contributed by atoms with E-state index in [-0.39, 0.29) is 11.8 Å². The van der Waals surface area contributed by atoms with Crippen LogP contribution in [0.4, 0.5) is 0 Å². The van der Waals surface area contributed by atoms with Crippen LogP contribution in [0.1, 0.15) is 36.5 Å². The summed E-state index contributed by atoms with van der Waals surface area (Å²) in [6.45, 7) is 2.08. The monoisotopic (exact) mass is 241 g/mol. The van der Waals surface area contributed by atoms with Gasteiger partial charge in [-0.05, 0) is 23.3 Å². The van der Waals surface area contributed by atoms with E-state index in [0.717, 1.165) is 29.2 Å². The molecule has 0 saturated heterocycles. The molecule has 2 rings (SSSR count). The highest BCUT2D eigenvalue weighted by Crippen LogP contribution is 2.17. The summed E-state index contributed by atoms with van der Waals surface area (Å²) in [5.74, 6) is 0.140. The lowest BCUT2D eigenvalue weighted by molar-refractivity contribution is 0.0973. The van der Waals surface area contributed by atoms with Crippen molar-refractivity contribution >= 4 is 16.6 Å². The molecule has 2 aromatic carbocycles. The summed E-state index contributed by atoms with van der Waals surface area (Å²) in [6, 6.07) is 13.9. The van der Waals surface area contributed by atoms with Crippen molar-refractivity contribution in [3.05, 3.63) is 48.0 Å². The Bertz CT molecular complexity index is 548. The lowest BCUT2D eigenvalue weighted by atomic mass is 9.99. The van der Waals surface area contributed by atoms with Gasteiger partial charge in [-0.1, -0.05) is 49.7 Å². The van der Waals surface area contributed by atoms with Gasteiger partial charge in [-0.25, -0.2) is 0 Å². The summed E-state index contributed by atoms with van der Waals surface area (Å²) in [6.07, 6.45) is 2.36. The fourth-order valence-corrected chi connectivity index (χ4v) is 2.19. The van der Waals surface area contributed by atoms with Crippen molar-refractivity contribution in [2.24, 2.45) is 5.73 Å². The molecule has 0 aliphatic carbocycles. The molecule has 0 aliphatic rings. The summed E-state index contributed by atoms with van der Waals surface area (Å²) < 4.78 is 0. The van der Waals surface area contributed by atoms with E-state index in [2.05, 4.69) is 6.92 Å². The van der Waals surface area contributed by atoms with Gasteiger partial charge in [0, 0.05) is 18.0 Å². The molecule has 2 nitrogen and oxygen atoms in total. The molecule has 0 aliphatic heterocycles. The van der Waals surface area contributed by atoms with E-state index in [1.54, 1.807) is 0 Å². The molecule has 2 heteroatoms. The Labute approximate surface area is 108 Å². The Kier molecular flexibility index (Phi) is 4.11. The Hall–Kier alpha value is -1.67. The summed E-state index contributed by atoms with van der Waals surface area (Å²) in [5, 5.41) is 2.26. The Balaban J connectivity index is 2.17. The molecule has 0 aromatic heterocycles. The van der Waals surface area contributed by atoms with Crippen LogP contribution in [0.25, 0.3) is 10.8 Å². The van der Waals surface area contributed by atoms with Crippen molar-refractivity contribution in [2.45, 2.75) is 32.2 Å². The van der Waals surface area contributed by atoms with Crippen molar-refractivity contribution in [2.75, 3.05) is 0 Å². The summed E-state index contributed by atoms with van der Waals surface area (Å²) in [7, 11) is 0. The number of ketones is 1. The van der Waals surface area contributed by atoms with Gasteiger partial charge in [-0.3, -0.25) is 4.79 Å². The summed E-state index contributed by atoms with van der Waals surface area (Å²) in [4.78, 5) is 12.1. The minimum Gasteiger partial charge on any atom is -0.327 e. The third kappa shape index (κ3) is 2.96. The highest BCUT2D eigenvalue weighted by Gasteiger charge is 2.11. The summed E-state index contributed by atoms with van der Waals surface area (Å²) >= 11 is 0. The highest BCUT2D eigenvalue weighted by atomic mass is 16.1. The number of Topliss-reactive ketones (excluding diaryl/α,β-unsaturated/α-hetero) is 1. The van der Waals surface area contributed by atoms with Gasteiger partial charge in [0.15, 0.2) is 5.78 Å². The second-order valence-electron chi connectivity index (χ2n) is 4.74. The normalized spacial score (nSPS) is 12.6. The average molecular weight is 241 g/mol. The number of rotatable bonds is 5. The van der Waals surface area contributed by atoms with Crippen molar-refractivity contribution < 1.29 is 4.79 Å². The van der Waals surface area contributed by atoms with Crippen LogP contribution in [0.5, 0.6) is 0 Å². The van der Waals surface area contributed by atoms with Crippen molar-refractivity contribution in [3.63, 3.8) is 0 Å². The predicted molar refractivity (Wildman–Crippen MR) is 75.8 cm³/mol. The maximum absolute atomic E-state index is 12.1. The Morgan fingerprint density at radius 1 is 1.17 bits per heavy atom. The van der Waals surface area contributed by atoms with Gasteiger partial charge in [0.05, 0.1) is 0 Å². The molecule has 18 heavy (non-hydrogen) atoms. The van der Waals surface area contributed by atoms with E-state index >= 15 is 0 Å². The van der Waals surface area contributed by atoms with Crippen LogP contribution in [0.15, 0.2) is 42.5 Å². The first kappa shape index (κ1) is 12.8. The number of carbonyl (C=O) groups excluding carboxylic acids is 1. The Morgan fingerprint density at radius 3 is 2.61 bits per heavy atom. The van der Waals surface area contributed by atoms with Crippen LogP contribution in [0.3, 0.4) is 0 Å². The summed E-state index contributed by atoms with van der Waals surface area (Å²) in [5.41, 5.74) is 6.68. The van der Waals surface area contributed by atoms with E-state index < -0.39 is 0 Å². The second-order valence-corrected chi connectivity index (χ2v) is 4.74. The minimum absolute atomic E-state index is 0.0195. The van der Waals surface area contributed by atoms with E-state index in [4.69, 9.17) is 5.73 Å². The first-order valence-electron chi connectivity index (χ1n) is 6.48. The number of carbonyl (C=O) groups is 1. The van der Waals surface area contributed by atoms with E-state index in [0.29, 0.717) is 6.42 Å². The lowest BCUT2D eigenvalue weighted by Gasteiger charge is -2.09. The molecule has 2 N–H and O–H groups in total. The number of hydrogen-bond donors (Lipinski definition) is 1. The first-order chi connectivity index (χ1) is 8.70. The van der Waals surface area contributed by atoms with Gasteiger partial charge in [0.25, 0.3) is 0 Å². The fraction of sp³-hybridized carbons (Fsp3) is 0.312. The van der Waals surface area contributed by atoms with Gasteiger partial charge < -0.3 is 5.73 Å². The van der Waals surface area contributed by atoms with E-state index in [1.807, 2.05) is 42.5 Å². The zero-order valence-electron chi connectivity index (χ0n) is 10.7. The van der Waals surface area contributed by atoms with Crippen molar-refractivity contribution in [1.82, 2.24) is 0 Å². The zero-order chi connectivity index (χ0) is 13.0. The van der Waals surface area contributed by atoms with Crippen molar-refractivity contribution in [3.8, 4) is 0 Å². The lowest BCUT2D eigenvalue weighted by Crippen LogP contribution is -2.23. The van der Waals surface area contributed by atoms with Gasteiger partial charge in [-0.2, -0.15) is 0 Å². The van der Waals surface area contributed by atoms with Crippen LogP contribution < -0.4 is 5.73 Å². The number of benzene rings is 2. The molecule has 2 aromatic rings. The SMILES string of the molecule is CCCC(N)CC(=O)c1ccc2ccccc2c1. The number of hydrogen-bond acceptors (Lipinski definition) is 2. The quantitative estimate of drug-likeness (QED) is 0.814. The molecule has 0 bridgehead atoms. The molecular weight excluding hydrogens is 222 g/mol. The highest BCUT2D eigenvalue weighted by molar-refractivity contribution is 6.00. The van der Waals surface area contributed by atoms with Gasteiger partial charge in [-0.15, -0.1) is 0 Å². The van der Waals surface area contributed by atoms with Gasteiger partial charge >= 0.3 is 0 Å². The first-order valence-corrected chi connectivity index (χ1v) is 6.48. The van der Waals surface area contributed by atoms with Gasteiger partial charge in [0.1, 0.15) is 0 Å².